The number of halogens is 1. The van der Waals surface area contributed by atoms with Crippen LogP contribution in [0.5, 0.6) is 0 Å². The van der Waals surface area contributed by atoms with Gasteiger partial charge in [0.25, 0.3) is 0 Å². The Morgan fingerprint density at radius 1 is 1.53 bits per heavy atom. The Hall–Kier alpha value is -1.57. The van der Waals surface area contributed by atoms with Gasteiger partial charge in [-0.3, -0.25) is 5.32 Å². The summed E-state index contributed by atoms with van der Waals surface area (Å²) < 4.78 is 5.46. The first-order chi connectivity index (χ1) is 8.04. The molecule has 0 bridgehead atoms. The van der Waals surface area contributed by atoms with Gasteiger partial charge in [-0.1, -0.05) is 12.7 Å². The molecule has 17 heavy (non-hydrogen) atoms. The average Bonchev–Trinajstić information content (AvgIpc) is 2.29. The Balaban J connectivity index is 2.82. The summed E-state index contributed by atoms with van der Waals surface area (Å²) in [6.07, 6.45) is 0.795. The highest BCUT2D eigenvalue weighted by molar-refractivity contribution is 14.1. The van der Waals surface area contributed by atoms with Gasteiger partial charge in [-0.25, -0.2) is 9.59 Å². The molecule has 90 valence electrons. The number of carboxylic acids is 1. The fraction of sp³-hybridized carbons (Fsp3) is 0.0909. The van der Waals surface area contributed by atoms with Gasteiger partial charge in [0.05, 0.1) is 11.3 Å². The predicted octanol–water partition coefficient (Wildman–Crippen LogP) is 2.72. The molecule has 0 aromatic heterocycles. The molecular formula is C11H10INO4. The third-order valence-corrected chi connectivity index (χ3v) is 2.72. The second kappa shape index (κ2) is 6.24. The van der Waals surface area contributed by atoms with Gasteiger partial charge >= 0.3 is 12.1 Å². The molecule has 0 aliphatic carbocycles. The molecule has 0 spiro atoms. The van der Waals surface area contributed by atoms with Gasteiger partial charge in [0.1, 0.15) is 6.61 Å². The van der Waals surface area contributed by atoms with Crippen LogP contribution in [0.2, 0.25) is 0 Å². The summed E-state index contributed by atoms with van der Waals surface area (Å²) in [4.78, 5) is 22.0. The number of carbonyl (C=O) groups is 2. The van der Waals surface area contributed by atoms with Crippen molar-refractivity contribution in [3.05, 3.63) is 40.0 Å². The Morgan fingerprint density at radius 2 is 2.24 bits per heavy atom. The van der Waals surface area contributed by atoms with E-state index in [1.54, 1.807) is 6.07 Å². The van der Waals surface area contributed by atoms with Gasteiger partial charge in [0.2, 0.25) is 0 Å². The Morgan fingerprint density at radius 3 is 2.82 bits per heavy atom. The lowest BCUT2D eigenvalue weighted by Gasteiger charge is -2.08. The van der Waals surface area contributed by atoms with Gasteiger partial charge in [-0.05, 0) is 40.8 Å². The van der Waals surface area contributed by atoms with Crippen molar-refractivity contribution in [2.75, 3.05) is 11.9 Å². The molecule has 1 aromatic carbocycles. The number of nitrogens with one attached hydrogen (secondary N) is 1. The van der Waals surface area contributed by atoms with Crippen LogP contribution >= 0.6 is 22.6 Å². The molecule has 1 rings (SSSR count). The highest BCUT2D eigenvalue weighted by Crippen LogP contribution is 2.20. The van der Waals surface area contributed by atoms with E-state index in [9.17, 15) is 9.59 Å². The Bertz CT molecular complexity index is 459. The van der Waals surface area contributed by atoms with Crippen LogP contribution in [0, 0.1) is 3.57 Å². The molecule has 0 saturated carbocycles. The second-order valence-corrected chi connectivity index (χ2v) is 4.17. The molecule has 0 heterocycles. The second-order valence-electron chi connectivity index (χ2n) is 3.01. The third kappa shape index (κ3) is 4.06. The molecule has 0 aliphatic rings. The first-order valence-corrected chi connectivity index (χ1v) is 5.70. The number of anilines is 1. The lowest BCUT2D eigenvalue weighted by molar-refractivity contribution is 0.0696. The Labute approximate surface area is 112 Å². The number of carboxylic acid groups (broad SMARTS) is 1. The lowest BCUT2D eigenvalue weighted by Crippen LogP contribution is -2.15. The largest absolute Gasteiger partial charge is 0.478 e. The van der Waals surface area contributed by atoms with Crippen LogP contribution in [0.4, 0.5) is 10.5 Å². The summed E-state index contributed by atoms with van der Waals surface area (Å²) in [6.45, 7) is 3.51. The van der Waals surface area contributed by atoms with Crippen molar-refractivity contribution in [2.45, 2.75) is 0 Å². The summed E-state index contributed by atoms with van der Waals surface area (Å²) in [5.41, 5.74) is 0.504. The van der Waals surface area contributed by atoms with Crippen LogP contribution in [0.1, 0.15) is 10.4 Å². The van der Waals surface area contributed by atoms with Crippen molar-refractivity contribution < 1.29 is 19.4 Å². The normalized spacial score (nSPS) is 9.47. The molecule has 0 aliphatic heterocycles. The van der Waals surface area contributed by atoms with E-state index in [1.165, 1.54) is 18.2 Å². The maximum Gasteiger partial charge on any atom is 0.411 e. The average molecular weight is 347 g/mol. The van der Waals surface area contributed by atoms with E-state index in [0.717, 1.165) is 3.57 Å². The minimum atomic E-state index is -1.05. The van der Waals surface area contributed by atoms with E-state index in [1.807, 2.05) is 22.6 Å². The Kier molecular flexibility index (Phi) is 4.95. The zero-order chi connectivity index (χ0) is 12.8. The molecule has 5 nitrogen and oxygen atoms in total. The van der Waals surface area contributed by atoms with E-state index in [-0.39, 0.29) is 12.2 Å². The molecule has 1 aromatic rings. The summed E-state index contributed by atoms with van der Waals surface area (Å²) in [5, 5.41) is 11.3. The van der Waals surface area contributed by atoms with Gasteiger partial charge in [-0.15, -0.1) is 0 Å². The summed E-state index contributed by atoms with van der Waals surface area (Å²) in [5.74, 6) is -1.05. The fourth-order valence-corrected chi connectivity index (χ4v) is 1.51. The lowest BCUT2D eigenvalue weighted by atomic mass is 10.2. The number of amides is 1. The molecule has 0 saturated heterocycles. The van der Waals surface area contributed by atoms with E-state index in [4.69, 9.17) is 9.84 Å². The SMILES string of the molecule is C=CCOC(=O)Nc1cc(C(=O)O)ccc1I. The van der Waals surface area contributed by atoms with Gasteiger partial charge < -0.3 is 9.84 Å². The van der Waals surface area contributed by atoms with Crippen LogP contribution < -0.4 is 5.32 Å². The standard InChI is InChI=1S/C11H10INO4/c1-2-5-17-11(16)13-9-6-7(10(14)15)3-4-8(9)12/h2-4,6H,1,5H2,(H,13,16)(H,14,15). The summed E-state index contributed by atoms with van der Waals surface area (Å²) >= 11 is 1.99. The maximum atomic E-state index is 11.3. The third-order valence-electron chi connectivity index (χ3n) is 1.78. The minimum Gasteiger partial charge on any atom is -0.478 e. The van der Waals surface area contributed by atoms with Gasteiger partial charge in [-0.2, -0.15) is 0 Å². The van der Waals surface area contributed by atoms with E-state index in [2.05, 4.69) is 11.9 Å². The summed E-state index contributed by atoms with van der Waals surface area (Å²) in [6, 6.07) is 4.44. The number of aromatic carboxylic acids is 1. The van der Waals surface area contributed by atoms with Crippen LogP contribution in [0.3, 0.4) is 0 Å². The molecule has 0 atom stereocenters. The fourth-order valence-electron chi connectivity index (χ4n) is 1.03. The number of hydrogen-bond acceptors (Lipinski definition) is 3. The van der Waals surface area contributed by atoms with Crippen LogP contribution in [0.25, 0.3) is 0 Å². The van der Waals surface area contributed by atoms with Crippen molar-refractivity contribution in [1.29, 1.82) is 0 Å². The van der Waals surface area contributed by atoms with Gasteiger partial charge in [0, 0.05) is 3.57 Å². The number of benzene rings is 1. The van der Waals surface area contributed by atoms with Gasteiger partial charge in [0.15, 0.2) is 0 Å². The highest BCUT2D eigenvalue weighted by atomic mass is 127. The zero-order valence-electron chi connectivity index (χ0n) is 8.77. The highest BCUT2D eigenvalue weighted by Gasteiger charge is 2.09. The quantitative estimate of drug-likeness (QED) is 0.649. The first kappa shape index (κ1) is 13.5. The molecule has 0 radical (unpaired) electrons. The minimum absolute atomic E-state index is 0.0982. The number of carbonyl (C=O) groups excluding carboxylic acids is 1. The topological polar surface area (TPSA) is 75.6 Å². The number of ether oxygens (including phenoxy) is 1. The van der Waals surface area contributed by atoms with Crippen molar-refractivity contribution in [3.63, 3.8) is 0 Å². The van der Waals surface area contributed by atoms with Crippen LogP contribution in [0.15, 0.2) is 30.9 Å². The van der Waals surface area contributed by atoms with Crippen molar-refractivity contribution in [2.24, 2.45) is 0 Å². The first-order valence-electron chi connectivity index (χ1n) is 4.62. The van der Waals surface area contributed by atoms with Crippen LogP contribution in [-0.4, -0.2) is 23.8 Å². The number of rotatable bonds is 4. The van der Waals surface area contributed by atoms with Crippen molar-refractivity contribution >= 4 is 40.3 Å². The zero-order valence-corrected chi connectivity index (χ0v) is 10.9. The molecule has 2 N–H and O–H groups in total. The summed E-state index contributed by atoms with van der Waals surface area (Å²) in [7, 11) is 0. The molecule has 1 amide bonds. The molecule has 0 fully saturated rings. The maximum absolute atomic E-state index is 11.3. The van der Waals surface area contributed by atoms with E-state index in [0.29, 0.717) is 5.69 Å². The smallest absolute Gasteiger partial charge is 0.411 e. The van der Waals surface area contributed by atoms with Crippen molar-refractivity contribution in [3.8, 4) is 0 Å². The van der Waals surface area contributed by atoms with Crippen LogP contribution in [-0.2, 0) is 4.74 Å². The molecule has 0 unspecified atom stereocenters. The molecular weight excluding hydrogens is 337 g/mol. The number of hydrogen-bond donors (Lipinski definition) is 2. The van der Waals surface area contributed by atoms with Crippen molar-refractivity contribution in [1.82, 2.24) is 0 Å². The van der Waals surface area contributed by atoms with E-state index < -0.39 is 12.1 Å². The molecule has 6 heteroatoms. The van der Waals surface area contributed by atoms with E-state index >= 15 is 0 Å². The predicted molar refractivity (Wildman–Crippen MR) is 71.3 cm³/mol. The monoisotopic (exact) mass is 347 g/mol.